The Kier molecular flexibility index (Phi) is 4.81. The minimum absolute atomic E-state index is 0.663. The van der Waals surface area contributed by atoms with Gasteiger partial charge in [-0.05, 0) is 56.2 Å². The summed E-state index contributed by atoms with van der Waals surface area (Å²) in [7, 11) is 1.67. The molecule has 1 saturated heterocycles. The van der Waals surface area contributed by atoms with Crippen LogP contribution < -0.4 is 9.64 Å². The number of aryl methyl sites for hydroxylation is 1. The molecule has 0 atom stereocenters. The molecule has 2 aromatic rings. The molecule has 2 heterocycles. The Morgan fingerprint density at radius 1 is 1.21 bits per heavy atom. The minimum Gasteiger partial charge on any atom is -0.495 e. The Labute approximate surface area is 143 Å². The molecule has 0 N–H and O–H groups in total. The van der Waals surface area contributed by atoms with E-state index < -0.39 is 0 Å². The molecule has 3 rings (SSSR count). The Balaban J connectivity index is 1.75. The Morgan fingerprint density at radius 2 is 2.00 bits per heavy atom. The maximum atomic E-state index is 9.13. The highest BCUT2D eigenvalue weighted by Crippen LogP contribution is 2.32. The number of hydrogen-bond donors (Lipinski definition) is 0. The molecule has 4 nitrogen and oxygen atoms in total. The summed E-state index contributed by atoms with van der Waals surface area (Å²) in [5, 5.41) is 9.13. The molecule has 0 spiro atoms. The molecule has 1 aromatic carbocycles. The van der Waals surface area contributed by atoms with Crippen LogP contribution >= 0.6 is 0 Å². The molecule has 1 aliphatic heterocycles. The first-order valence-electron chi connectivity index (χ1n) is 8.16. The van der Waals surface area contributed by atoms with Gasteiger partial charge in [0.1, 0.15) is 5.75 Å². The molecule has 0 amide bonds. The zero-order valence-corrected chi connectivity index (χ0v) is 14.1. The Morgan fingerprint density at radius 3 is 2.67 bits per heavy atom. The summed E-state index contributed by atoms with van der Waals surface area (Å²) in [6.45, 7) is 3.85. The zero-order valence-electron chi connectivity index (χ0n) is 14.1. The highest BCUT2D eigenvalue weighted by molar-refractivity contribution is 5.63. The van der Waals surface area contributed by atoms with Crippen LogP contribution in [0.3, 0.4) is 0 Å². The normalized spacial score (nSPS) is 14.2. The van der Waals surface area contributed by atoms with E-state index in [0.717, 1.165) is 48.8 Å². The number of nitrogens with zero attached hydrogens (tertiary/aromatic N) is 3. The first-order valence-corrected chi connectivity index (χ1v) is 8.16. The quantitative estimate of drug-likeness (QED) is 0.859. The van der Waals surface area contributed by atoms with Crippen molar-refractivity contribution in [2.24, 2.45) is 0 Å². The molecular formula is C20H21N3O. The van der Waals surface area contributed by atoms with Gasteiger partial charge in [0.05, 0.1) is 30.1 Å². The van der Waals surface area contributed by atoms with E-state index in [2.05, 4.69) is 22.0 Å². The fourth-order valence-electron chi connectivity index (χ4n) is 3.04. The average molecular weight is 319 g/mol. The Bertz CT molecular complexity index is 795. The van der Waals surface area contributed by atoms with E-state index >= 15 is 0 Å². The van der Waals surface area contributed by atoms with Crippen molar-refractivity contribution in [3.05, 3.63) is 58.9 Å². The van der Waals surface area contributed by atoms with E-state index in [1.165, 1.54) is 5.57 Å². The molecule has 0 radical (unpaired) electrons. The molecule has 1 aliphatic rings. The van der Waals surface area contributed by atoms with E-state index in [4.69, 9.17) is 10.00 Å². The lowest BCUT2D eigenvalue weighted by Crippen LogP contribution is -2.30. The van der Waals surface area contributed by atoms with E-state index in [1.807, 2.05) is 37.3 Å². The fourth-order valence-corrected chi connectivity index (χ4v) is 3.04. The van der Waals surface area contributed by atoms with Crippen molar-refractivity contribution < 1.29 is 4.74 Å². The van der Waals surface area contributed by atoms with Gasteiger partial charge in [0.15, 0.2) is 0 Å². The van der Waals surface area contributed by atoms with E-state index in [1.54, 1.807) is 13.2 Å². The van der Waals surface area contributed by atoms with Crippen molar-refractivity contribution in [2.45, 2.75) is 19.8 Å². The van der Waals surface area contributed by atoms with Gasteiger partial charge in [0.25, 0.3) is 0 Å². The van der Waals surface area contributed by atoms with Crippen molar-refractivity contribution in [3.8, 4) is 11.8 Å². The van der Waals surface area contributed by atoms with Gasteiger partial charge in [-0.3, -0.25) is 4.98 Å². The number of pyridine rings is 1. The molecule has 4 heteroatoms. The van der Waals surface area contributed by atoms with Gasteiger partial charge in [-0.15, -0.1) is 0 Å². The van der Waals surface area contributed by atoms with Crippen molar-refractivity contribution in [3.63, 3.8) is 0 Å². The third-order valence-electron chi connectivity index (χ3n) is 4.32. The minimum atomic E-state index is 0.663. The fraction of sp³-hybridized carbons (Fsp3) is 0.300. The van der Waals surface area contributed by atoms with E-state index in [9.17, 15) is 0 Å². The van der Waals surface area contributed by atoms with Crippen LogP contribution in [0.2, 0.25) is 0 Å². The van der Waals surface area contributed by atoms with Crippen molar-refractivity contribution in [1.82, 2.24) is 4.98 Å². The van der Waals surface area contributed by atoms with E-state index in [0.29, 0.717) is 5.56 Å². The summed E-state index contributed by atoms with van der Waals surface area (Å²) >= 11 is 0. The molecule has 0 aliphatic carbocycles. The van der Waals surface area contributed by atoms with Gasteiger partial charge < -0.3 is 9.64 Å². The highest BCUT2D eigenvalue weighted by Gasteiger charge is 2.18. The van der Waals surface area contributed by atoms with Crippen molar-refractivity contribution in [1.29, 1.82) is 5.26 Å². The standard InChI is InChI=1S/C20H21N3O/c1-15-4-3-5-18(22-15)12-16-8-10-23(11-9-16)19-13-17(14-21)6-7-20(19)24-2/h3-7,12-13H,8-11H2,1-2H3. The summed E-state index contributed by atoms with van der Waals surface area (Å²) in [6.07, 6.45) is 4.19. The number of piperidine rings is 1. The number of benzene rings is 1. The first kappa shape index (κ1) is 16.1. The summed E-state index contributed by atoms with van der Waals surface area (Å²) in [6, 6.07) is 13.9. The van der Waals surface area contributed by atoms with Crippen LogP contribution in [0.15, 0.2) is 42.0 Å². The second kappa shape index (κ2) is 7.18. The molecule has 1 aromatic heterocycles. The second-order valence-corrected chi connectivity index (χ2v) is 5.99. The maximum Gasteiger partial charge on any atom is 0.142 e. The van der Waals surface area contributed by atoms with Gasteiger partial charge in [-0.2, -0.15) is 5.26 Å². The van der Waals surface area contributed by atoms with Crippen molar-refractivity contribution in [2.75, 3.05) is 25.1 Å². The van der Waals surface area contributed by atoms with Gasteiger partial charge >= 0.3 is 0 Å². The van der Waals surface area contributed by atoms with Crippen LogP contribution in [0.5, 0.6) is 5.75 Å². The van der Waals surface area contributed by atoms with Gasteiger partial charge in [-0.1, -0.05) is 11.6 Å². The summed E-state index contributed by atoms with van der Waals surface area (Å²) < 4.78 is 5.46. The lowest BCUT2D eigenvalue weighted by molar-refractivity contribution is 0.413. The SMILES string of the molecule is COc1ccc(C#N)cc1N1CCC(=Cc2cccc(C)n2)CC1. The number of aromatic nitrogens is 1. The zero-order chi connectivity index (χ0) is 16.9. The van der Waals surface area contributed by atoms with Crippen molar-refractivity contribution >= 4 is 11.8 Å². The number of nitriles is 1. The first-order chi connectivity index (χ1) is 11.7. The average Bonchev–Trinajstić information content (AvgIpc) is 2.62. The lowest BCUT2D eigenvalue weighted by atomic mass is 10.0. The number of methoxy groups -OCH3 is 1. The molecule has 1 fully saturated rings. The predicted octanol–water partition coefficient (Wildman–Crippen LogP) is 3.95. The number of hydrogen-bond acceptors (Lipinski definition) is 4. The topological polar surface area (TPSA) is 49.1 Å². The van der Waals surface area contributed by atoms with E-state index in [-0.39, 0.29) is 0 Å². The maximum absolute atomic E-state index is 9.13. The molecule has 0 unspecified atom stereocenters. The van der Waals surface area contributed by atoms with Crippen LogP contribution in [0.1, 0.15) is 29.8 Å². The summed E-state index contributed by atoms with van der Waals surface area (Å²) in [4.78, 5) is 6.84. The van der Waals surface area contributed by atoms with Crippen LogP contribution in [-0.2, 0) is 0 Å². The van der Waals surface area contributed by atoms with Gasteiger partial charge in [0.2, 0.25) is 0 Å². The predicted molar refractivity (Wildman–Crippen MR) is 96.1 cm³/mol. The molecular weight excluding hydrogens is 298 g/mol. The van der Waals surface area contributed by atoms with Crippen LogP contribution in [-0.4, -0.2) is 25.2 Å². The molecule has 24 heavy (non-hydrogen) atoms. The largest absolute Gasteiger partial charge is 0.495 e. The summed E-state index contributed by atoms with van der Waals surface area (Å²) in [5.74, 6) is 0.821. The second-order valence-electron chi connectivity index (χ2n) is 5.99. The third kappa shape index (κ3) is 3.57. The summed E-state index contributed by atoms with van der Waals surface area (Å²) in [5.41, 5.74) is 5.16. The van der Waals surface area contributed by atoms with Crippen LogP contribution in [0.25, 0.3) is 6.08 Å². The number of anilines is 1. The van der Waals surface area contributed by atoms with Crippen LogP contribution in [0.4, 0.5) is 5.69 Å². The lowest BCUT2D eigenvalue weighted by Gasteiger charge is -2.31. The van der Waals surface area contributed by atoms with Gasteiger partial charge in [0, 0.05) is 18.8 Å². The molecule has 122 valence electrons. The smallest absolute Gasteiger partial charge is 0.142 e. The third-order valence-corrected chi connectivity index (χ3v) is 4.32. The molecule has 0 saturated carbocycles. The molecule has 0 bridgehead atoms. The number of ether oxygens (including phenoxy) is 1. The Hall–Kier alpha value is -2.80. The highest BCUT2D eigenvalue weighted by atomic mass is 16.5. The van der Waals surface area contributed by atoms with Gasteiger partial charge in [-0.25, -0.2) is 0 Å². The van der Waals surface area contributed by atoms with Crippen LogP contribution in [0, 0.1) is 18.3 Å². The monoisotopic (exact) mass is 319 g/mol. The number of rotatable bonds is 3.